The molecule has 0 saturated carbocycles. The Morgan fingerprint density at radius 3 is 1.64 bits per heavy atom. The molecule has 0 aromatic heterocycles. The molecule has 0 unspecified atom stereocenters. The van der Waals surface area contributed by atoms with Gasteiger partial charge < -0.3 is 4.90 Å². The topological polar surface area (TPSA) is 37.4 Å². The van der Waals surface area contributed by atoms with Crippen LogP contribution in [0.3, 0.4) is 0 Å². The predicted octanol–water partition coefficient (Wildman–Crippen LogP) is 3.47. The van der Waals surface area contributed by atoms with Crippen molar-refractivity contribution in [3.8, 4) is 0 Å². The smallest absolute Gasteiger partial charge is 0.210 e. The van der Waals surface area contributed by atoms with Crippen molar-refractivity contribution in [2.75, 3.05) is 13.1 Å². The molecule has 1 fully saturated rings. The lowest BCUT2D eigenvalue weighted by Gasteiger charge is -2.26. The van der Waals surface area contributed by atoms with E-state index in [1.54, 1.807) is 36.4 Å². The number of carbonyl (C=O) groups is 2. The van der Waals surface area contributed by atoms with Gasteiger partial charge in [-0.1, -0.05) is 36.4 Å². The standard InChI is InChI=1S/C20H15F2NO2/c21-18-7-3-1-5-14(18)9-16-11-23(13-24)12-17(20(16)25)10-15-6-2-4-8-19(15)22/h1-10,13H,11-12H2/b16-9-,17-10+. The van der Waals surface area contributed by atoms with Gasteiger partial charge in [0.2, 0.25) is 6.41 Å². The zero-order valence-electron chi connectivity index (χ0n) is 13.3. The fourth-order valence-corrected chi connectivity index (χ4v) is 2.70. The van der Waals surface area contributed by atoms with Crippen molar-refractivity contribution >= 4 is 24.3 Å². The Labute approximate surface area is 143 Å². The van der Waals surface area contributed by atoms with Crippen molar-refractivity contribution in [3.63, 3.8) is 0 Å². The Morgan fingerprint density at radius 2 is 1.24 bits per heavy atom. The lowest BCUT2D eigenvalue weighted by atomic mass is 9.94. The van der Waals surface area contributed by atoms with Crippen LogP contribution in [0.1, 0.15) is 11.1 Å². The number of amides is 1. The summed E-state index contributed by atoms with van der Waals surface area (Å²) >= 11 is 0. The second-order valence-electron chi connectivity index (χ2n) is 5.72. The average molecular weight is 339 g/mol. The molecule has 0 radical (unpaired) electrons. The van der Waals surface area contributed by atoms with Gasteiger partial charge in [0.05, 0.1) is 0 Å². The van der Waals surface area contributed by atoms with E-state index >= 15 is 0 Å². The molecule has 5 heteroatoms. The molecule has 1 amide bonds. The number of Topliss-reactive ketones (excluding diaryl/α,β-unsaturated/α-hetero) is 1. The highest BCUT2D eigenvalue weighted by Gasteiger charge is 2.25. The fraction of sp³-hybridized carbons (Fsp3) is 0.100. The fourth-order valence-electron chi connectivity index (χ4n) is 2.70. The molecule has 1 saturated heterocycles. The number of benzene rings is 2. The maximum Gasteiger partial charge on any atom is 0.210 e. The summed E-state index contributed by atoms with van der Waals surface area (Å²) in [7, 11) is 0. The summed E-state index contributed by atoms with van der Waals surface area (Å²) in [5.74, 6) is -1.22. The monoisotopic (exact) mass is 339 g/mol. The maximum absolute atomic E-state index is 13.8. The lowest BCUT2D eigenvalue weighted by Crippen LogP contribution is -2.36. The second kappa shape index (κ2) is 7.21. The highest BCUT2D eigenvalue weighted by molar-refractivity contribution is 6.15. The molecule has 2 aromatic rings. The third-order valence-corrected chi connectivity index (χ3v) is 3.95. The van der Waals surface area contributed by atoms with E-state index in [0.29, 0.717) is 6.41 Å². The average Bonchev–Trinajstić information content (AvgIpc) is 2.62. The first-order valence-electron chi connectivity index (χ1n) is 7.72. The van der Waals surface area contributed by atoms with Crippen molar-refractivity contribution in [2.45, 2.75) is 0 Å². The van der Waals surface area contributed by atoms with Gasteiger partial charge in [0, 0.05) is 35.4 Å². The number of halogens is 2. The van der Waals surface area contributed by atoms with Gasteiger partial charge in [-0.05, 0) is 24.3 Å². The summed E-state index contributed by atoms with van der Waals surface area (Å²) < 4.78 is 27.7. The van der Waals surface area contributed by atoms with E-state index < -0.39 is 11.6 Å². The molecule has 1 aliphatic rings. The van der Waals surface area contributed by atoms with Gasteiger partial charge in [-0.2, -0.15) is 0 Å². The van der Waals surface area contributed by atoms with Crippen LogP contribution in [0.2, 0.25) is 0 Å². The number of rotatable bonds is 3. The molecule has 0 bridgehead atoms. The number of likely N-dealkylation sites (tertiary alicyclic amines) is 1. The number of piperidine rings is 1. The summed E-state index contributed by atoms with van der Waals surface area (Å²) in [4.78, 5) is 25.3. The molecule has 1 heterocycles. The zero-order chi connectivity index (χ0) is 17.8. The summed E-state index contributed by atoms with van der Waals surface area (Å²) in [6.07, 6.45) is 3.49. The minimum atomic E-state index is -0.453. The van der Waals surface area contributed by atoms with Gasteiger partial charge in [0.15, 0.2) is 5.78 Å². The zero-order valence-corrected chi connectivity index (χ0v) is 13.3. The number of hydrogen-bond donors (Lipinski definition) is 0. The van der Waals surface area contributed by atoms with Crippen LogP contribution in [-0.2, 0) is 9.59 Å². The second-order valence-corrected chi connectivity index (χ2v) is 5.72. The molecule has 126 valence electrons. The normalized spacial score (nSPS) is 18.0. The molecular formula is C20H15F2NO2. The van der Waals surface area contributed by atoms with Crippen LogP contribution in [0.15, 0.2) is 59.7 Å². The van der Waals surface area contributed by atoms with Gasteiger partial charge in [0.25, 0.3) is 0 Å². The first kappa shape index (κ1) is 16.8. The van der Waals surface area contributed by atoms with Crippen LogP contribution >= 0.6 is 0 Å². The quantitative estimate of drug-likeness (QED) is 0.634. The number of carbonyl (C=O) groups excluding carboxylic acids is 2. The van der Waals surface area contributed by atoms with Crippen molar-refractivity contribution in [1.82, 2.24) is 4.90 Å². The minimum absolute atomic E-state index is 0.0886. The van der Waals surface area contributed by atoms with E-state index in [1.165, 1.54) is 29.2 Å². The van der Waals surface area contributed by atoms with Crippen LogP contribution in [-0.4, -0.2) is 30.2 Å². The van der Waals surface area contributed by atoms with Gasteiger partial charge in [0.1, 0.15) is 11.6 Å². The number of nitrogens with zero attached hydrogens (tertiary/aromatic N) is 1. The first-order chi connectivity index (χ1) is 12.1. The molecule has 3 nitrogen and oxygen atoms in total. The lowest BCUT2D eigenvalue weighted by molar-refractivity contribution is -0.119. The molecule has 0 aliphatic carbocycles. The Kier molecular flexibility index (Phi) is 4.84. The highest BCUT2D eigenvalue weighted by atomic mass is 19.1. The third-order valence-electron chi connectivity index (χ3n) is 3.95. The molecule has 25 heavy (non-hydrogen) atoms. The molecule has 0 atom stereocenters. The maximum atomic E-state index is 13.8. The third kappa shape index (κ3) is 3.71. The van der Waals surface area contributed by atoms with Crippen LogP contribution < -0.4 is 0 Å². The molecule has 0 N–H and O–H groups in total. The van der Waals surface area contributed by atoms with Crippen molar-refractivity contribution < 1.29 is 18.4 Å². The Morgan fingerprint density at radius 1 is 0.800 bits per heavy atom. The van der Waals surface area contributed by atoms with E-state index in [9.17, 15) is 18.4 Å². The van der Waals surface area contributed by atoms with E-state index in [1.807, 2.05) is 0 Å². The Balaban J connectivity index is 2.01. The Hall–Kier alpha value is -3.08. The summed E-state index contributed by atoms with van der Waals surface area (Å²) in [5.41, 5.74) is 1.10. The van der Waals surface area contributed by atoms with E-state index in [2.05, 4.69) is 0 Å². The Bertz CT molecular complexity index is 819. The summed E-state index contributed by atoms with van der Waals surface area (Å²) in [5, 5.41) is 0. The van der Waals surface area contributed by atoms with Gasteiger partial charge >= 0.3 is 0 Å². The van der Waals surface area contributed by atoms with E-state index in [-0.39, 0.29) is 41.1 Å². The van der Waals surface area contributed by atoms with E-state index in [4.69, 9.17) is 0 Å². The minimum Gasteiger partial charge on any atom is -0.336 e. The molecule has 1 aliphatic heterocycles. The van der Waals surface area contributed by atoms with Crippen LogP contribution in [0, 0.1) is 11.6 Å². The van der Waals surface area contributed by atoms with Crippen molar-refractivity contribution in [1.29, 1.82) is 0 Å². The largest absolute Gasteiger partial charge is 0.336 e. The number of hydrogen-bond acceptors (Lipinski definition) is 2. The summed E-state index contributed by atoms with van der Waals surface area (Å²) in [6.45, 7) is 0.177. The number of ketones is 1. The predicted molar refractivity (Wildman–Crippen MR) is 91.4 cm³/mol. The van der Waals surface area contributed by atoms with Crippen molar-refractivity contribution in [3.05, 3.63) is 82.4 Å². The van der Waals surface area contributed by atoms with Crippen LogP contribution in [0.25, 0.3) is 12.2 Å². The van der Waals surface area contributed by atoms with E-state index in [0.717, 1.165) is 0 Å². The van der Waals surface area contributed by atoms with Gasteiger partial charge in [-0.25, -0.2) is 8.78 Å². The molecule has 3 rings (SSSR count). The SMILES string of the molecule is O=CN1C/C(=C/c2ccccc2F)C(=O)/C(=C/c2ccccc2F)C1. The van der Waals surface area contributed by atoms with Crippen LogP contribution in [0.4, 0.5) is 8.78 Å². The summed E-state index contributed by atoms with van der Waals surface area (Å²) in [6, 6.07) is 12.1. The highest BCUT2D eigenvalue weighted by Crippen LogP contribution is 2.22. The van der Waals surface area contributed by atoms with Gasteiger partial charge in [-0.15, -0.1) is 0 Å². The van der Waals surface area contributed by atoms with Gasteiger partial charge in [-0.3, -0.25) is 9.59 Å². The molecule has 0 spiro atoms. The molecule has 2 aromatic carbocycles. The first-order valence-corrected chi connectivity index (χ1v) is 7.72. The van der Waals surface area contributed by atoms with Crippen molar-refractivity contribution in [2.24, 2.45) is 0 Å². The van der Waals surface area contributed by atoms with Crippen LogP contribution in [0.5, 0.6) is 0 Å². The molecular weight excluding hydrogens is 324 g/mol.